The van der Waals surface area contributed by atoms with Gasteiger partial charge in [0, 0.05) is 11.1 Å². The predicted octanol–water partition coefficient (Wildman–Crippen LogP) is 4.71. The van der Waals surface area contributed by atoms with Crippen LogP contribution in [0, 0.1) is 19.7 Å². The lowest BCUT2D eigenvalue weighted by atomic mass is 9.75. The van der Waals surface area contributed by atoms with Gasteiger partial charge in [-0.1, -0.05) is 11.6 Å². The quantitative estimate of drug-likeness (QED) is 0.383. The number of hydrogen-bond acceptors (Lipinski definition) is 8. The van der Waals surface area contributed by atoms with Crippen LogP contribution < -0.4 is 9.64 Å². The van der Waals surface area contributed by atoms with E-state index in [0.717, 1.165) is 0 Å². The fourth-order valence-corrected chi connectivity index (χ4v) is 6.37. The first-order valence-electron chi connectivity index (χ1n) is 12.5. The maximum absolute atomic E-state index is 15.4. The zero-order valence-corrected chi connectivity index (χ0v) is 22.9. The van der Waals surface area contributed by atoms with Crippen molar-refractivity contribution in [3.05, 3.63) is 22.2 Å². The number of piperidine rings is 1. The number of amides is 1. The Balaban J connectivity index is 1.76. The van der Waals surface area contributed by atoms with Crippen LogP contribution in [0.2, 0.25) is 5.15 Å². The van der Waals surface area contributed by atoms with E-state index in [0.29, 0.717) is 41.7 Å². The van der Waals surface area contributed by atoms with Gasteiger partial charge in [-0.15, -0.1) is 0 Å². The van der Waals surface area contributed by atoms with Gasteiger partial charge in [-0.05, 0) is 66.4 Å². The van der Waals surface area contributed by atoms with E-state index in [2.05, 4.69) is 4.98 Å². The average Bonchev–Trinajstić information content (AvgIpc) is 2.91. The number of carbonyl (C=O) groups is 2. The van der Waals surface area contributed by atoms with E-state index in [4.69, 9.17) is 30.8 Å². The molecule has 200 valence electrons. The SMILES string of the molecule is COC(=O)[C@@]12CCC[C@@H]([C@H]3C(C)Oc4nc(Cl)c(F)c5c(C)c(C)nc(c45)N3C1)N2C(=O)OC(C)(C)C. The summed E-state index contributed by atoms with van der Waals surface area (Å²) < 4.78 is 32.8. The largest absolute Gasteiger partial charge is 0.472 e. The fourth-order valence-electron chi connectivity index (χ4n) is 6.19. The lowest BCUT2D eigenvalue weighted by Gasteiger charge is -2.59. The van der Waals surface area contributed by atoms with Crippen molar-refractivity contribution in [2.45, 2.75) is 90.1 Å². The van der Waals surface area contributed by atoms with E-state index in [1.807, 2.05) is 11.8 Å². The third kappa shape index (κ3) is 3.78. The molecule has 0 aliphatic carbocycles. The molecule has 1 unspecified atom stereocenters. The molecule has 0 aromatic carbocycles. The van der Waals surface area contributed by atoms with Crippen LogP contribution in [-0.2, 0) is 14.3 Å². The standard InChI is InChI=1S/C26H32ClFN4O5/c1-12-13(2)29-21-17-16(12)18(28)20(27)30-22(17)36-14(3)19-15-9-8-10-26(11-31(19)21,23(33)35-7)32(15)24(34)37-25(4,5)6/h14-15,19H,8-11H2,1-7H3/t14?,15-,19+,26+/m0/s1. The van der Waals surface area contributed by atoms with Gasteiger partial charge in [0.05, 0.1) is 31.1 Å². The van der Waals surface area contributed by atoms with Crippen molar-refractivity contribution in [3.63, 3.8) is 0 Å². The highest BCUT2D eigenvalue weighted by Crippen LogP contribution is 2.49. The van der Waals surface area contributed by atoms with Gasteiger partial charge in [-0.2, -0.15) is 4.98 Å². The van der Waals surface area contributed by atoms with Crippen LogP contribution in [0.25, 0.3) is 10.8 Å². The minimum Gasteiger partial charge on any atom is -0.472 e. The molecule has 3 aliphatic heterocycles. The van der Waals surface area contributed by atoms with Gasteiger partial charge in [0.15, 0.2) is 16.5 Å². The molecule has 2 fully saturated rings. The molecule has 0 saturated carbocycles. The summed E-state index contributed by atoms with van der Waals surface area (Å²) in [5.74, 6) is -0.538. The maximum Gasteiger partial charge on any atom is 0.411 e. The van der Waals surface area contributed by atoms with Crippen LogP contribution in [0.5, 0.6) is 5.88 Å². The van der Waals surface area contributed by atoms with Crippen LogP contribution in [0.4, 0.5) is 15.0 Å². The lowest BCUT2D eigenvalue weighted by molar-refractivity contribution is -0.163. The molecule has 2 saturated heterocycles. The zero-order chi connectivity index (χ0) is 27.0. The number of rotatable bonds is 1. The molecule has 11 heteroatoms. The molecule has 4 atom stereocenters. The molecular weight excluding hydrogens is 503 g/mol. The molecular formula is C26H32ClFN4O5. The highest BCUT2D eigenvalue weighted by Gasteiger charge is 2.62. The smallest absolute Gasteiger partial charge is 0.411 e. The summed E-state index contributed by atoms with van der Waals surface area (Å²) in [5.41, 5.74) is -0.824. The summed E-state index contributed by atoms with van der Waals surface area (Å²) in [7, 11) is 1.32. The molecule has 0 radical (unpaired) electrons. The van der Waals surface area contributed by atoms with E-state index in [-0.39, 0.29) is 23.0 Å². The van der Waals surface area contributed by atoms with Gasteiger partial charge in [-0.25, -0.2) is 19.0 Å². The lowest BCUT2D eigenvalue weighted by Crippen LogP contribution is -2.78. The first-order chi connectivity index (χ1) is 17.3. The first kappa shape index (κ1) is 25.8. The third-order valence-electron chi connectivity index (χ3n) is 7.75. The highest BCUT2D eigenvalue weighted by molar-refractivity contribution is 6.30. The minimum absolute atomic E-state index is 0.0854. The minimum atomic E-state index is -1.31. The number of aryl methyl sites for hydroxylation is 2. The first-order valence-corrected chi connectivity index (χ1v) is 12.9. The number of piperazine rings is 1. The molecule has 5 rings (SSSR count). The number of carbonyl (C=O) groups excluding carboxylic acids is 2. The van der Waals surface area contributed by atoms with E-state index >= 15 is 4.39 Å². The van der Waals surface area contributed by atoms with E-state index in [9.17, 15) is 9.59 Å². The van der Waals surface area contributed by atoms with Crippen LogP contribution in [0.15, 0.2) is 0 Å². The van der Waals surface area contributed by atoms with Crippen LogP contribution >= 0.6 is 11.6 Å². The summed E-state index contributed by atoms with van der Waals surface area (Å²) in [5, 5.41) is 0.412. The number of halogens is 2. The van der Waals surface area contributed by atoms with Gasteiger partial charge >= 0.3 is 12.1 Å². The van der Waals surface area contributed by atoms with Crippen LogP contribution in [0.3, 0.4) is 0 Å². The zero-order valence-electron chi connectivity index (χ0n) is 22.1. The Morgan fingerprint density at radius 1 is 1.22 bits per heavy atom. The normalized spacial score (nSPS) is 26.8. The van der Waals surface area contributed by atoms with Crippen molar-refractivity contribution in [2.75, 3.05) is 18.6 Å². The topological polar surface area (TPSA) is 94.1 Å². The van der Waals surface area contributed by atoms with Crippen LogP contribution in [-0.4, -0.2) is 69.9 Å². The van der Waals surface area contributed by atoms with Crippen molar-refractivity contribution in [3.8, 4) is 5.88 Å². The Labute approximate surface area is 220 Å². The molecule has 3 aliphatic rings. The molecule has 37 heavy (non-hydrogen) atoms. The molecule has 2 aromatic rings. The summed E-state index contributed by atoms with van der Waals surface area (Å²) in [6, 6.07) is -0.876. The number of anilines is 1. The van der Waals surface area contributed by atoms with Gasteiger partial charge in [0.1, 0.15) is 17.5 Å². The maximum atomic E-state index is 15.4. The van der Waals surface area contributed by atoms with Crippen LogP contribution in [0.1, 0.15) is 58.2 Å². The molecule has 2 bridgehead atoms. The second kappa shape index (κ2) is 8.58. The number of aromatic nitrogens is 2. The number of pyridine rings is 2. The van der Waals surface area contributed by atoms with E-state index < -0.39 is 47.2 Å². The average molecular weight is 535 g/mol. The monoisotopic (exact) mass is 534 g/mol. The molecule has 0 spiro atoms. The molecule has 1 amide bonds. The van der Waals surface area contributed by atoms with Gasteiger partial charge in [0.2, 0.25) is 5.88 Å². The Kier molecular flexibility index (Phi) is 5.97. The second-order valence-electron chi connectivity index (χ2n) is 11.2. The van der Waals surface area contributed by atoms with Crippen molar-refractivity contribution < 1.29 is 28.2 Å². The van der Waals surface area contributed by atoms with Crippen molar-refractivity contribution >= 4 is 40.3 Å². The predicted molar refractivity (Wildman–Crippen MR) is 136 cm³/mol. The second-order valence-corrected chi connectivity index (χ2v) is 11.6. The van der Waals surface area contributed by atoms with Crippen molar-refractivity contribution in [1.29, 1.82) is 0 Å². The summed E-state index contributed by atoms with van der Waals surface area (Å²) in [6.45, 7) is 10.9. The molecule has 0 N–H and O–H groups in total. The van der Waals surface area contributed by atoms with Crippen molar-refractivity contribution in [2.24, 2.45) is 0 Å². The number of ether oxygens (including phenoxy) is 3. The number of esters is 1. The molecule has 2 aromatic heterocycles. The highest BCUT2D eigenvalue weighted by atomic mass is 35.5. The Bertz CT molecular complexity index is 1310. The fraction of sp³-hybridized carbons (Fsp3) is 0.615. The number of fused-ring (bicyclic) bond motifs is 5. The van der Waals surface area contributed by atoms with Gasteiger partial charge < -0.3 is 19.1 Å². The summed E-state index contributed by atoms with van der Waals surface area (Å²) >= 11 is 6.19. The Morgan fingerprint density at radius 3 is 2.57 bits per heavy atom. The molecule has 9 nitrogen and oxygen atoms in total. The molecule has 5 heterocycles. The Morgan fingerprint density at radius 2 is 1.92 bits per heavy atom. The van der Waals surface area contributed by atoms with Crippen molar-refractivity contribution in [1.82, 2.24) is 14.9 Å². The summed E-state index contributed by atoms with van der Waals surface area (Å²) in [4.78, 5) is 39.8. The van der Waals surface area contributed by atoms with Gasteiger partial charge in [-0.3, -0.25) is 4.90 Å². The van der Waals surface area contributed by atoms with E-state index in [1.54, 1.807) is 39.5 Å². The number of methoxy groups -OCH3 is 1. The Hall–Kier alpha value is -2.88. The summed E-state index contributed by atoms with van der Waals surface area (Å²) in [6.07, 6.45) is 0.622. The van der Waals surface area contributed by atoms with E-state index in [1.165, 1.54) is 7.11 Å². The van der Waals surface area contributed by atoms with Gasteiger partial charge in [0.25, 0.3) is 0 Å². The number of nitrogens with zero attached hydrogens (tertiary/aromatic N) is 4. The third-order valence-corrected chi connectivity index (χ3v) is 8.00. The number of hydrogen-bond donors (Lipinski definition) is 0.